The molecule has 2 heterocycles. The SMILES string of the molecule is CN1CCCC(CNCCc2cccnc2)C1. The van der Waals surface area contributed by atoms with Crippen molar-refractivity contribution in [3.8, 4) is 0 Å². The first-order valence-corrected chi connectivity index (χ1v) is 6.63. The Morgan fingerprint density at radius 2 is 2.47 bits per heavy atom. The van der Waals surface area contributed by atoms with Crippen LogP contribution >= 0.6 is 0 Å². The smallest absolute Gasteiger partial charge is 0.0300 e. The van der Waals surface area contributed by atoms with Gasteiger partial charge in [0.1, 0.15) is 0 Å². The molecule has 0 amide bonds. The molecule has 1 saturated heterocycles. The van der Waals surface area contributed by atoms with E-state index < -0.39 is 0 Å². The number of hydrogen-bond donors (Lipinski definition) is 1. The van der Waals surface area contributed by atoms with Crippen molar-refractivity contribution < 1.29 is 0 Å². The summed E-state index contributed by atoms with van der Waals surface area (Å²) in [5.41, 5.74) is 1.32. The molecule has 94 valence electrons. The summed E-state index contributed by atoms with van der Waals surface area (Å²) in [6.45, 7) is 4.74. The van der Waals surface area contributed by atoms with E-state index >= 15 is 0 Å². The molecule has 0 spiro atoms. The van der Waals surface area contributed by atoms with E-state index in [4.69, 9.17) is 0 Å². The number of hydrogen-bond acceptors (Lipinski definition) is 3. The third kappa shape index (κ3) is 4.44. The maximum Gasteiger partial charge on any atom is 0.0300 e. The lowest BCUT2D eigenvalue weighted by atomic mass is 9.98. The highest BCUT2D eigenvalue weighted by Crippen LogP contribution is 2.13. The van der Waals surface area contributed by atoms with Crippen LogP contribution in [0.4, 0.5) is 0 Å². The van der Waals surface area contributed by atoms with Crippen LogP contribution in [0.3, 0.4) is 0 Å². The monoisotopic (exact) mass is 233 g/mol. The maximum absolute atomic E-state index is 4.13. The van der Waals surface area contributed by atoms with Crippen LogP contribution in [0.2, 0.25) is 0 Å². The number of nitrogens with one attached hydrogen (secondary N) is 1. The number of rotatable bonds is 5. The van der Waals surface area contributed by atoms with Gasteiger partial charge in [-0.05, 0) is 63.5 Å². The Bertz CT molecular complexity index is 313. The first-order chi connectivity index (χ1) is 8.34. The highest BCUT2D eigenvalue weighted by Gasteiger charge is 2.16. The summed E-state index contributed by atoms with van der Waals surface area (Å²) in [4.78, 5) is 6.57. The summed E-state index contributed by atoms with van der Waals surface area (Å²) >= 11 is 0. The van der Waals surface area contributed by atoms with Crippen LogP contribution in [0.1, 0.15) is 18.4 Å². The molecular formula is C14H23N3. The Balaban J connectivity index is 1.60. The number of pyridine rings is 1. The second kappa shape index (κ2) is 6.72. The molecule has 1 aromatic rings. The van der Waals surface area contributed by atoms with Gasteiger partial charge in [0, 0.05) is 18.9 Å². The Hall–Kier alpha value is -0.930. The first kappa shape index (κ1) is 12.5. The van der Waals surface area contributed by atoms with Gasteiger partial charge in [0.2, 0.25) is 0 Å². The van der Waals surface area contributed by atoms with Crippen LogP contribution in [0, 0.1) is 5.92 Å². The molecule has 0 bridgehead atoms. The average molecular weight is 233 g/mol. The minimum atomic E-state index is 0.836. The predicted octanol–water partition coefficient (Wildman–Crippen LogP) is 1.56. The number of aromatic nitrogens is 1. The summed E-state index contributed by atoms with van der Waals surface area (Å²) in [5, 5.41) is 3.57. The van der Waals surface area contributed by atoms with Crippen molar-refractivity contribution in [2.75, 3.05) is 33.2 Å². The van der Waals surface area contributed by atoms with E-state index in [1.54, 1.807) is 0 Å². The van der Waals surface area contributed by atoms with Crippen molar-refractivity contribution in [1.82, 2.24) is 15.2 Å². The first-order valence-electron chi connectivity index (χ1n) is 6.63. The fraction of sp³-hybridized carbons (Fsp3) is 0.643. The van der Waals surface area contributed by atoms with Gasteiger partial charge in [0.15, 0.2) is 0 Å². The zero-order valence-electron chi connectivity index (χ0n) is 10.7. The molecule has 0 radical (unpaired) electrons. The second-order valence-corrected chi connectivity index (χ2v) is 5.09. The summed E-state index contributed by atoms with van der Waals surface area (Å²) in [6.07, 6.45) is 7.59. The molecule has 0 saturated carbocycles. The van der Waals surface area contributed by atoms with Crippen molar-refractivity contribution in [2.24, 2.45) is 5.92 Å². The number of likely N-dealkylation sites (tertiary alicyclic amines) is 1. The molecule has 3 nitrogen and oxygen atoms in total. The third-order valence-corrected chi connectivity index (χ3v) is 3.47. The summed E-state index contributed by atoms with van der Waals surface area (Å²) in [7, 11) is 2.22. The van der Waals surface area contributed by atoms with Crippen LogP contribution in [0.15, 0.2) is 24.5 Å². The van der Waals surface area contributed by atoms with Gasteiger partial charge in [-0.1, -0.05) is 6.07 Å². The van der Waals surface area contributed by atoms with E-state index in [1.165, 1.54) is 31.5 Å². The van der Waals surface area contributed by atoms with Gasteiger partial charge in [-0.3, -0.25) is 4.98 Å². The number of nitrogens with zero attached hydrogens (tertiary/aromatic N) is 2. The van der Waals surface area contributed by atoms with E-state index in [9.17, 15) is 0 Å². The highest BCUT2D eigenvalue weighted by atomic mass is 15.1. The maximum atomic E-state index is 4.13. The molecule has 1 N–H and O–H groups in total. The van der Waals surface area contributed by atoms with Crippen molar-refractivity contribution in [3.05, 3.63) is 30.1 Å². The summed E-state index contributed by atoms with van der Waals surface area (Å²) < 4.78 is 0. The van der Waals surface area contributed by atoms with Gasteiger partial charge in [-0.2, -0.15) is 0 Å². The molecule has 1 atom stereocenters. The quantitative estimate of drug-likeness (QED) is 0.782. The zero-order chi connectivity index (χ0) is 11.9. The van der Waals surface area contributed by atoms with Crippen molar-refractivity contribution >= 4 is 0 Å². The summed E-state index contributed by atoms with van der Waals surface area (Å²) in [6, 6.07) is 4.15. The van der Waals surface area contributed by atoms with Crippen LogP contribution in [0.25, 0.3) is 0 Å². The van der Waals surface area contributed by atoms with Gasteiger partial charge in [0.05, 0.1) is 0 Å². The Morgan fingerprint density at radius 3 is 3.24 bits per heavy atom. The Labute approximate surface area is 104 Å². The highest BCUT2D eigenvalue weighted by molar-refractivity contribution is 5.08. The van der Waals surface area contributed by atoms with Crippen LogP contribution in [-0.2, 0) is 6.42 Å². The van der Waals surface area contributed by atoms with Crippen molar-refractivity contribution in [2.45, 2.75) is 19.3 Å². The fourth-order valence-corrected chi connectivity index (χ4v) is 2.52. The largest absolute Gasteiger partial charge is 0.316 e. The van der Waals surface area contributed by atoms with Gasteiger partial charge < -0.3 is 10.2 Å². The van der Waals surface area contributed by atoms with E-state index in [-0.39, 0.29) is 0 Å². The van der Waals surface area contributed by atoms with Gasteiger partial charge in [0.25, 0.3) is 0 Å². The van der Waals surface area contributed by atoms with Crippen molar-refractivity contribution in [1.29, 1.82) is 0 Å². The minimum absolute atomic E-state index is 0.836. The number of piperidine rings is 1. The molecule has 3 heteroatoms. The molecule has 2 rings (SSSR count). The molecular weight excluding hydrogens is 210 g/mol. The van der Waals surface area contributed by atoms with Crippen molar-refractivity contribution in [3.63, 3.8) is 0 Å². The molecule has 0 aromatic carbocycles. The molecule has 17 heavy (non-hydrogen) atoms. The third-order valence-electron chi connectivity index (χ3n) is 3.47. The normalized spacial score (nSPS) is 21.6. The fourth-order valence-electron chi connectivity index (χ4n) is 2.52. The lowest BCUT2D eigenvalue weighted by Gasteiger charge is -2.29. The Kier molecular flexibility index (Phi) is 4.95. The van der Waals surface area contributed by atoms with E-state index in [0.29, 0.717) is 0 Å². The average Bonchev–Trinajstić information content (AvgIpc) is 2.36. The summed E-state index contributed by atoms with van der Waals surface area (Å²) in [5.74, 6) is 0.836. The standard InChI is InChI=1S/C14H23N3/c1-17-9-3-5-14(12-17)11-16-8-6-13-4-2-7-15-10-13/h2,4,7,10,14,16H,3,5-6,8-9,11-12H2,1H3. The minimum Gasteiger partial charge on any atom is -0.316 e. The van der Waals surface area contributed by atoms with E-state index in [0.717, 1.165) is 25.4 Å². The molecule has 1 aliphatic rings. The lowest BCUT2D eigenvalue weighted by molar-refractivity contribution is 0.206. The Morgan fingerprint density at radius 1 is 1.53 bits per heavy atom. The van der Waals surface area contributed by atoms with Crippen LogP contribution < -0.4 is 5.32 Å². The van der Waals surface area contributed by atoms with Gasteiger partial charge >= 0.3 is 0 Å². The van der Waals surface area contributed by atoms with E-state index in [2.05, 4.69) is 28.3 Å². The topological polar surface area (TPSA) is 28.2 Å². The van der Waals surface area contributed by atoms with Crippen LogP contribution in [-0.4, -0.2) is 43.1 Å². The van der Waals surface area contributed by atoms with Crippen LogP contribution in [0.5, 0.6) is 0 Å². The van der Waals surface area contributed by atoms with Gasteiger partial charge in [-0.15, -0.1) is 0 Å². The lowest BCUT2D eigenvalue weighted by Crippen LogP contribution is -2.37. The van der Waals surface area contributed by atoms with Gasteiger partial charge in [-0.25, -0.2) is 0 Å². The molecule has 1 aromatic heterocycles. The van der Waals surface area contributed by atoms with E-state index in [1.807, 2.05) is 18.5 Å². The molecule has 0 aliphatic carbocycles. The zero-order valence-corrected chi connectivity index (χ0v) is 10.7. The molecule has 1 fully saturated rings. The molecule has 1 unspecified atom stereocenters. The predicted molar refractivity (Wildman–Crippen MR) is 71.0 cm³/mol. The molecule has 1 aliphatic heterocycles. The second-order valence-electron chi connectivity index (χ2n) is 5.09.